The van der Waals surface area contributed by atoms with Crippen LogP contribution >= 0.6 is 0 Å². The van der Waals surface area contributed by atoms with Crippen LogP contribution in [0.5, 0.6) is 0 Å². The Morgan fingerprint density at radius 3 is 2.10 bits per heavy atom. The fourth-order valence-electron chi connectivity index (χ4n) is 1.53. The highest BCUT2D eigenvalue weighted by Gasteiger charge is 2.28. The van der Waals surface area contributed by atoms with E-state index in [0.717, 1.165) is 12.1 Å². The molecular formula is C10H12N4O6. The van der Waals surface area contributed by atoms with Gasteiger partial charge < -0.3 is 5.32 Å². The molecule has 0 atom stereocenters. The first-order valence-electron chi connectivity index (χ1n) is 5.57. The van der Waals surface area contributed by atoms with Crippen LogP contribution in [0.25, 0.3) is 0 Å². The molecule has 0 aliphatic rings. The van der Waals surface area contributed by atoms with E-state index in [4.69, 9.17) is 5.21 Å². The van der Waals surface area contributed by atoms with Gasteiger partial charge in [-0.05, 0) is 6.42 Å². The molecule has 0 aliphatic carbocycles. The lowest BCUT2D eigenvalue weighted by atomic mass is 10.1. The number of carbonyl (C=O) groups is 1. The third-order valence-corrected chi connectivity index (χ3v) is 2.41. The normalized spacial score (nSPS) is 9.90. The zero-order valence-corrected chi connectivity index (χ0v) is 10.5. The summed E-state index contributed by atoms with van der Waals surface area (Å²) in [7, 11) is 0. The lowest BCUT2D eigenvalue weighted by Gasteiger charge is -2.08. The van der Waals surface area contributed by atoms with E-state index < -0.39 is 27.1 Å². The zero-order valence-electron chi connectivity index (χ0n) is 10.5. The fourth-order valence-corrected chi connectivity index (χ4v) is 1.53. The molecule has 0 saturated carbocycles. The summed E-state index contributed by atoms with van der Waals surface area (Å²) in [6.45, 7) is 2.09. The van der Waals surface area contributed by atoms with Crippen LogP contribution in [0.4, 0.5) is 17.1 Å². The molecule has 108 valence electrons. The molecule has 20 heavy (non-hydrogen) atoms. The summed E-state index contributed by atoms with van der Waals surface area (Å²) in [5.74, 6) is -1.07. The van der Waals surface area contributed by atoms with E-state index in [1.807, 2.05) is 0 Å². The first kappa shape index (κ1) is 15.3. The van der Waals surface area contributed by atoms with E-state index in [1.165, 1.54) is 5.48 Å². The number of rotatable bonds is 6. The molecule has 0 aromatic heterocycles. The molecule has 0 unspecified atom stereocenters. The predicted octanol–water partition coefficient (Wildman–Crippen LogP) is 1.44. The predicted molar refractivity (Wildman–Crippen MR) is 67.8 cm³/mol. The molecule has 1 aromatic carbocycles. The van der Waals surface area contributed by atoms with E-state index in [-0.39, 0.29) is 11.3 Å². The van der Waals surface area contributed by atoms with Gasteiger partial charge in [0.1, 0.15) is 0 Å². The number of nitro groups is 2. The Balaban J connectivity index is 3.50. The van der Waals surface area contributed by atoms with Crippen LogP contribution in [0.1, 0.15) is 23.7 Å². The van der Waals surface area contributed by atoms with Gasteiger partial charge in [0.15, 0.2) is 5.69 Å². The number of hydrogen-bond donors (Lipinski definition) is 3. The number of nitro benzene ring substituents is 2. The van der Waals surface area contributed by atoms with Crippen LogP contribution < -0.4 is 10.8 Å². The van der Waals surface area contributed by atoms with Crippen molar-refractivity contribution >= 4 is 23.0 Å². The summed E-state index contributed by atoms with van der Waals surface area (Å²) in [4.78, 5) is 31.5. The zero-order chi connectivity index (χ0) is 15.3. The highest BCUT2D eigenvalue weighted by molar-refractivity contribution is 5.96. The Morgan fingerprint density at radius 2 is 1.75 bits per heavy atom. The highest BCUT2D eigenvalue weighted by atomic mass is 16.6. The first-order valence-corrected chi connectivity index (χ1v) is 5.57. The first-order chi connectivity index (χ1) is 9.42. The Labute approximate surface area is 112 Å². The maximum atomic E-state index is 11.3. The van der Waals surface area contributed by atoms with Crippen molar-refractivity contribution < 1.29 is 19.8 Å². The van der Waals surface area contributed by atoms with Gasteiger partial charge in [0, 0.05) is 18.7 Å². The standard InChI is InChI=1S/C10H12N4O6/c1-2-3-11-9-7(13(17)18)4-6(10(15)12-16)5-8(9)14(19)20/h4-5,11,16H,2-3H2,1H3,(H,12,15). The number of amides is 1. The molecule has 3 N–H and O–H groups in total. The molecule has 0 aliphatic heterocycles. The van der Waals surface area contributed by atoms with Crippen molar-refractivity contribution in [2.45, 2.75) is 13.3 Å². The molecule has 0 spiro atoms. The molecule has 10 nitrogen and oxygen atoms in total. The van der Waals surface area contributed by atoms with Crippen LogP contribution in [0.15, 0.2) is 12.1 Å². The molecule has 10 heteroatoms. The molecule has 0 radical (unpaired) electrons. The lowest BCUT2D eigenvalue weighted by Crippen LogP contribution is -2.19. The van der Waals surface area contributed by atoms with E-state index in [1.54, 1.807) is 6.92 Å². The SMILES string of the molecule is CCCNc1c([N+](=O)[O-])cc(C(=O)NO)cc1[N+](=O)[O-]. The van der Waals surface area contributed by atoms with Gasteiger partial charge in [-0.25, -0.2) is 5.48 Å². The minimum Gasteiger partial charge on any atom is -0.374 e. The van der Waals surface area contributed by atoms with Crippen molar-refractivity contribution in [2.24, 2.45) is 0 Å². The Bertz CT molecular complexity index is 524. The van der Waals surface area contributed by atoms with Gasteiger partial charge in [0.25, 0.3) is 17.3 Å². The van der Waals surface area contributed by atoms with E-state index >= 15 is 0 Å². The Morgan fingerprint density at radius 1 is 1.25 bits per heavy atom. The lowest BCUT2D eigenvalue weighted by molar-refractivity contribution is -0.392. The van der Waals surface area contributed by atoms with Gasteiger partial charge in [-0.3, -0.25) is 30.2 Å². The summed E-state index contributed by atoms with van der Waals surface area (Å²) >= 11 is 0. The average Bonchev–Trinajstić information content (AvgIpc) is 2.42. The largest absolute Gasteiger partial charge is 0.374 e. The van der Waals surface area contributed by atoms with E-state index in [9.17, 15) is 25.0 Å². The summed E-state index contributed by atoms with van der Waals surface area (Å²) in [5, 5.41) is 33.0. The van der Waals surface area contributed by atoms with Gasteiger partial charge in [-0.15, -0.1) is 0 Å². The quantitative estimate of drug-likeness (QED) is 0.406. The summed E-state index contributed by atoms with van der Waals surface area (Å²) in [5.41, 5.74) is -0.588. The molecule has 1 aromatic rings. The third-order valence-electron chi connectivity index (χ3n) is 2.41. The second kappa shape index (κ2) is 6.43. The van der Waals surface area contributed by atoms with Gasteiger partial charge in [-0.1, -0.05) is 6.92 Å². The van der Waals surface area contributed by atoms with Crippen molar-refractivity contribution in [3.05, 3.63) is 37.9 Å². The van der Waals surface area contributed by atoms with Crippen molar-refractivity contribution in [1.29, 1.82) is 0 Å². The van der Waals surface area contributed by atoms with Crippen LogP contribution in [0.2, 0.25) is 0 Å². The third kappa shape index (κ3) is 3.17. The number of benzene rings is 1. The van der Waals surface area contributed by atoms with Crippen molar-refractivity contribution in [2.75, 3.05) is 11.9 Å². The van der Waals surface area contributed by atoms with Gasteiger partial charge >= 0.3 is 0 Å². The fraction of sp³-hybridized carbons (Fsp3) is 0.300. The topological polar surface area (TPSA) is 148 Å². The summed E-state index contributed by atoms with van der Waals surface area (Å²) < 4.78 is 0. The average molecular weight is 284 g/mol. The van der Waals surface area contributed by atoms with Crippen LogP contribution in [-0.2, 0) is 0 Å². The molecular weight excluding hydrogens is 272 g/mol. The second-order valence-electron chi connectivity index (χ2n) is 3.77. The number of nitrogens with one attached hydrogen (secondary N) is 2. The number of hydroxylamine groups is 1. The maximum absolute atomic E-state index is 11.3. The highest BCUT2D eigenvalue weighted by Crippen LogP contribution is 2.35. The number of anilines is 1. The van der Waals surface area contributed by atoms with Gasteiger partial charge in [0.05, 0.1) is 15.4 Å². The number of nitrogens with zero attached hydrogens (tertiary/aromatic N) is 2. The second-order valence-corrected chi connectivity index (χ2v) is 3.77. The number of hydrogen-bond acceptors (Lipinski definition) is 7. The minimum atomic E-state index is -1.07. The molecule has 0 heterocycles. The minimum absolute atomic E-state index is 0.267. The van der Waals surface area contributed by atoms with E-state index in [0.29, 0.717) is 13.0 Å². The molecule has 0 fully saturated rings. The van der Waals surface area contributed by atoms with Crippen molar-refractivity contribution in [3.63, 3.8) is 0 Å². The monoisotopic (exact) mass is 284 g/mol. The summed E-state index contributed by atoms with van der Waals surface area (Å²) in [6.07, 6.45) is 0.604. The van der Waals surface area contributed by atoms with E-state index in [2.05, 4.69) is 5.32 Å². The van der Waals surface area contributed by atoms with Crippen LogP contribution in [0.3, 0.4) is 0 Å². The molecule has 0 saturated heterocycles. The Hall–Kier alpha value is -2.75. The van der Waals surface area contributed by atoms with Crippen LogP contribution in [-0.4, -0.2) is 27.5 Å². The maximum Gasteiger partial charge on any atom is 0.300 e. The van der Waals surface area contributed by atoms with Crippen LogP contribution in [0, 0.1) is 20.2 Å². The molecule has 1 rings (SSSR count). The van der Waals surface area contributed by atoms with Gasteiger partial charge in [0.2, 0.25) is 0 Å². The Kier molecular flexibility index (Phi) is 4.92. The number of carbonyl (C=O) groups excluding carboxylic acids is 1. The van der Waals surface area contributed by atoms with Crippen molar-refractivity contribution in [1.82, 2.24) is 5.48 Å². The summed E-state index contributed by atoms with van der Waals surface area (Å²) in [6, 6.07) is 1.72. The smallest absolute Gasteiger partial charge is 0.300 e. The molecule has 0 bridgehead atoms. The van der Waals surface area contributed by atoms with Crippen molar-refractivity contribution in [3.8, 4) is 0 Å². The molecule has 1 amide bonds. The van der Waals surface area contributed by atoms with Gasteiger partial charge in [-0.2, -0.15) is 0 Å².